The number of amides is 2. The lowest BCUT2D eigenvalue weighted by Gasteiger charge is -2.24. The van der Waals surface area contributed by atoms with Crippen molar-refractivity contribution < 1.29 is 9.59 Å². The zero-order chi connectivity index (χ0) is 24.1. The Labute approximate surface area is 217 Å². The van der Waals surface area contributed by atoms with Crippen molar-refractivity contribution in [1.29, 1.82) is 0 Å². The van der Waals surface area contributed by atoms with Gasteiger partial charge in [-0.25, -0.2) is 0 Å². The van der Waals surface area contributed by atoms with E-state index in [1.165, 1.54) is 0 Å². The Morgan fingerprint density at radius 2 is 1.65 bits per heavy atom. The number of hydrogen-bond acceptors (Lipinski definition) is 3. The van der Waals surface area contributed by atoms with E-state index in [4.69, 9.17) is 23.8 Å². The van der Waals surface area contributed by atoms with Gasteiger partial charge in [0.2, 0.25) is 5.91 Å². The quantitative estimate of drug-likeness (QED) is 0.363. The molecule has 3 aromatic rings. The highest BCUT2D eigenvalue weighted by atomic mass is 79.9. The molecule has 2 amide bonds. The number of halogens is 2. The van der Waals surface area contributed by atoms with Crippen molar-refractivity contribution in [2.75, 3.05) is 11.9 Å². The Bertz CT molecular complexity index is 1170. The van der Waals surface area contributed by atoms with Crippen LogP contribution in [0.15, 0.2) is 83.3 Å². The van der Waals surface area contributed by atoms with E-state index in [0.29, 0.717) is 35.3 Å². The molecule has 1 aliphatic rings. The van der Waals surface area contributed by atoms with Gasteiger partial charge in [-0.3, -0.25) is 14.5 Å². The van der Waals surface area contributed by atoms with Crippen LogP contribution in [0.4, 0.5) is 5.69 Å². The van der Waals surface area contributed by atoms with Gasteiger partial charge in [0.15, 0.2) is 5.11 Å². The molecule has 0 spiro atoms. The Kier molecular flexibility index (Phi) is 7.98. The van der Waals surface area contributed by atoms with Crippen molar-refractivity contribution in [2.45, 2.75) is 25.4 Å². The third-order valence-electron chi connectivity index (χ3n) is 5.64. The number of thiocarbonyl (C=S) groups is 1. The number of carbonyl (C=O) groups excluding carboxylic acids is 2. The first-order chi connectivity index (χ1) is 16.4. The van der Waals surface area contributed by atoms with Crippen molar-refractivity contribution in [3.8, 4) is 0 Å². The van der Waals surface area contributed by atoms with Crippen LogP contribution < -0.4 is 5.32 Å². The fraction of sp³-hybridized carbons (Fsp3) is 0.192. The average molecular weight is 557 g/mol. The van der Waals surface area contributed by atoms with Gasteiger partial charge in [-0.2, -0.15) is 0 Å². The lowest BCUT2D eigenvalue weighted by Crippen LogP contribution is -2.37. The van der Waals surface area contributed by atoms with Crippen LogP contribution in [0.2, 0.25) is 5.02 Å². The summed E-state index contributed by atoms with van der Waals surface area (Å²) in [4.78, 5) is 29.7. The molecule has 1 fully saturated rings. The topological polar surface area (TPSA) is 52.7 Å². The molecule has 174 valence electrons. The predicted octanol–water partition coefficient (Wildman–Crippen LogP) is 5.67. The van der Waals surface area contributed by atoms with Gasteiger partial charge in [-0.1, -0.05) is 70.0 Å². The number of nitrogens with one attached hydrogen (secondary N) is 1. The molecule has 1 atom stereocenters. The molecule has 1 saturated heterocycles. The smallest absolute Gasteiger partial charge is 0.252 e. The predicted molar refractivity (Wildman–Crippen MR) is 143 cm³/mol. The fourth-order valence-electron chi connectivity index (χ4n) is 3.87. The van der Waals surface area contributed by atoms with E-state index >= 15 is 0 Å². The number of benzene rings is 3. The van der Waals surface area contributed by atoms with E-state index in [0.717, 1.165) is 15.6 Å². The zero-order valence-electron chi connectivity index (χ0n) is 18.3. The van der Waals surface area contributed by atoms with E-state index < -0.39 is 6.04 Å². The summed E-state index contributed by atoms with van der Waals surface area (Å²) in [6.07, 6.45) is 0.684. The van der Waals surface area contributed by atoms with Crippen molar-refractivity contribution in [3.63, 3.8) is 0 Å². The molecule has 0 aromatic heterocycles. The van der Waals surface area contributed by atoms with Gasteiger partial charge in [-0.15, -0.1) is 0 Å². The molecule has 0 bridgehead atoms. The Morgan fingerprint density at radius 1 is 0.971 bits per heavy atom. The summed E-state index contributed by atoms with van der Waals surface area (Å²) >= 11 is 15.1. The number of hydrogen-bond donors (Lipinski definition) is 1. The molecule has 1 unspecified atom stereocenters. The highest BCUT2D eigenvalue weighted by molar-refractivity contribution is 9.10. The second-order valence-electron chi connectivity index (χ2n) is 8.04. The van der Waals surface area contributed by atoms with E-state index in [2.05, 4.69) is 21.2 Å². The summed E-state index contributed by atoms with van der Waals surface area (Å²) in [6, 6.07) is 24.0. The maximum absolute atomic E-state index is 13.4. The Balaban J connectivity index is 1.51. The first-order valence-corrected chi connectivity index (χ1v) is 12.4. The van der Waals surface area contributed by atoms with Crippen LogP contribution in [0.5, 0.6) is 0 Å². The zero-order valence-corrected chi connectivity index (χ0v) is 21.4. The normalized spacial score (nSPS) is 15.6. The number of carbonyl (C=O) groups is 2. The van der Waals surface area contributed by atoms with Gasteiger partial charge >= 0.3 is 0 Å². The summed E-state index contributed by atoms with van der Waals surface area (Å²) in [7, 11) is 0. The van der Waals surface area contributed by atoms with Gasteiger partial charge in [0, 0.05) is 28.3 Å². The lowest BCUT2D eigenvalue weighted by atomic mass is 10.1. The molecule has 1 aliphatic heterocycles. The van der Waals surface area contributed by atoms with Crippen LogP contribution in [0.25, 0.3) is 0 Å². The number of rotatable bonds is 8. The third-order valence-corrected chi connectivity index (χ3v) is 6.88. The van der Waals surface area contributed by atoms with Gasteiger partial charge in [-0.05, 0) is 66.2 Å². The van der Waals surface area contributed by atoms with Crippen LogP contribution in [0.1, 0.15) is 17.5 Å². The van der Waals surface area contributed by atoms with Crippen LogP contribution in [0, 0.1) is 0 Å². The van der Waals surface area contributed by atoms with Crippen LogP contribution in [-0.4, -0.2) is 39.3 Å². The summed E-state index contributed by atoms with van der Waals surface area (Å²) in [5, 5.41) is 3.96. The average Bonchev–Trinajstić information content (AvgIpc) is 3.05. The van der Waals surface area contributed by atoms with E-state index in [1.807, 2.05) is 59.5 Å². The molecule has 1 N–H and O–H groups in total. The Morgan fingerprint density at radius 3 is 2.32 bits per heavy atom. The molecule has 0 radical (unpaired) electrons. The second kappa shape index (κ2) is 11.1. The number of anilines is 1. The molecule has 4 rings (SSSR count). The molecule has 8 heteroatoms. The fourth-order valence-corrected chi connectivity index (χ4v) is 4.63. The standard InChI is InChI=1S/C26H23BrClN3O2S/c27-20-8-12-22(13-9-20)29-24(32)16-23-25(33)30(15-14-18-4-2-1-3-5-18)26(34)31(23)17-19-6-10-21(28)11-7-19/h1-13,23H,14-17H2,(H,29,32). The van der Waals surface area contributed by atoms with Gasteiger partial charge in [0.25, 0.3) is 5.91 Å². The number of nitrogens with zero attached hydrogens (tertiary/aromatic N) is 2. The highest BCUT2D eigenvalue weighted by Gasteiger charge is 2.43. The maximum Gasteiger partial charge on any atom is 0.252 e. The second-order valence-corrected chi connectivity index (χ2v) is 9.75. The van der Waals surface area contributed by atoms with Crippen molar-refractivity contribution in [1.82, 2.24) is 9.80 Å². The van der Waals surface area contributed by atoms with E-state index in [-0.39, 0.29) is 18.2 Å². The molecule has 5 nitrogen and oxygen atoms in total. The van der Waals surface area contributed by atoms with Gasteiger partial charge < -0.3 is 10.2 Å². The van der Waals surface area contributed by atoms with Crippen LogP contribution in [-0.2, 0) is 22.6 Å². The molecular weight excluding hydrogens is 534 g/mol. The first kappa shape index (κ1) is 24.4. The SMILES string of the molecule is O=C(CC1C(=O)N(CCc2ccccc2)C(=S)N1Cc1ccc(Cl)cc1)Nc1ccc(Br)cc1. The van der Waals surface area contributed by atoms with Crippen molar-refractivity contribution >= 4 is 62.4 Å². The van der Waals surface area contributed by atoms with Gasteiger partial charge in [0.1, 0.15) is 6.04 Å². The van der Waals surface area contributed by atoms with Crippen molar-refractivity contribution in [2.24, 2.45) is 0 Å². The summed E-state index contributed by atoms with van der Waals surface area (Å²) < 4.78 is 0.921. The molecule has 34 heavy (non-hydrogen) atoms. The minimum atomic E-state index is -0.672. The minimum Gasteiger partial charge on any atom is -0.332 e. The van der Waals surface area contributed by atoms with Gasteiger partial charge in [0.05, 0.1) is 6.42 Å². The van der Waals surface area contributed by atoms with E-state index in [9.17, 15) is 9.59 Å². The maximum atomic E-state index is 13.4. The van der Waals surface area contributed by atoms with Crippen molar-refractivity contribution in [3.05, 3.63) is 99.5 Å². The summed E-state index contributed by atoms with van der Waals surface area (Å²) in [5.41, 5.74) is 2.76. The highest BCUT2D eigenvalue weighted by Crippen LogP contribution is 2.25. The summed E-state index contributed by atoms with van der Waals surface area (Å²) in [6.45, 7) is 0.878. The lowest BCUT2D eigenvalue weighted by molar-refractivity contribution is -0.130. The van der Waals surface area contributed by atoms with E-state index in [1.54, 1.807) is 29.2 Å². The summed E-state index contributed by atoms with van der Waals surface area (Å²) in [5.74, 6) is -0.393. The molecule has 0 aliphatic carbocycles. The molecule has 3 aromatic carbocycles. The minimum absolute atomic E-state index is 0.00443. The Hall–Kier alpha value is -2.74. The molecular formula is C26H23BrClN3O2S. The third kappa shape index (κ3) is 6.03. The van der Waals surface area contributed by atoms with Crippen LogP contribution >= 0.6 is 39.7 Å². The largest absolute Gasteiger partial charge is 0.332 e. The first-order valence-electron chi connectivity index (χ1n) is 10.9. The van der Waals surface area contributed by atoms with Crippen LogP contribution in [0.3, 0.4) is 0 Å². The molecule has 0 saturated carbocycles. The monoisotopic (exact) mass is 555 g/mol. The molecule has 1 heterocycles.